The average Bonchev–Trinajstić information content (AvgIpc) is 3.75. The van der Waals surface area contributed by atoms with Gasteiger partial charge in [-0.25, -0.2) is 9.97 Å². The first kappa shape index (κ1) is 21.8. The summed E-state index contributed by atoms with van der Waals surface area (Å²) in [6, 6.07) is 32.0. The quantitative estimate of drug-likeness (QED) is 0.271. The van der Waals surface area contributed by atoms with Gasteiger partial charge < -0.3 is 4.57 Å². The number of hydrogen-bond donors (Lipinski definition) is 0. The Labute approximate surface area is 227 Å². The minimum absolute atomic E-state index is 0.0598. The minimum atomic E-state index is -0.702. The second kappa shape index (κ2) is 7.51. The van der Waals surface area contributed by atoms with E-state index in [1.807, 2.05) is 30.3 Å². The van der Waals surface area contributed by atoms with Crippen LogP contribution in [-0.4, -0.2) is 37.8 Å². The van der Waals surface area contributed by atoms with Crippen molar-refractivity contribution in [2.45, 2.75) is 43.3 Å². The minimum Gasteiger partial charge on any atom is -0.345 e. The fraction of sp³-hybridized carbons (Fsp3) is 0.265. The number of aromatic nitrogens is 3. The van der Waals surface area contributed by atoms with E-state index in [4.69, 9.17) is 9.97 Å². The Morgan fingerprint density at radius 2 is 1.56 bits per heavy atom. The van der Waals surface area contributed by atoms with Gasteiger partial charge in [0.15, 0.2) is 5.78 Å². The summed E-state index contributed by atoms with van der Waals surface area (Å²) in [5, 5.41) is 0. The molecule has 39 heavy (non-hydrogen) atoms. The summed E-state index contributed by atoms with van der Waals surface area (Å²) in [6.07, 6.45) is 5.03. The molecule has 2 spiro atoms. The monoisotopic (exact) mass is 508 g/mol. The normalized spacial score (nSPS) is 28.7. The molecule has 0 saturated carbocycles. The lowest BCUT2D eigenvalue weighted by molar-refractivity contribution is 0.0332. The molecule has 1 aliphatic carbocycles. The van der Waals surface area contributed by atoms with Gasteiger partial charge in [-0.15, -0.1) is 0 Å². The number of carbonyl (C=O) groups is 1. The number of nitrogens with zero attached hydrogens (tertiary/aromatic N) is 4. The molecule has 0 N–H and O–H groups in total. The van der Waals surface area contributed by atoms with Crippen LogP contribution in [0.15, 0.2) is 97.2 Å². The van der Waals surface area contributed by atoms with Crippen molar-refractivity contribution in [1.82, 2.24) is 19.4 Å². The summed E-state index contributed by atoms with van der Waals surface area (Å²) in [7, 11) is 0. The van der Waals surface area contributed by atoms with Crippen LogP contribution in [0.25, 0.3) is 22.3 Å². The van der Waals surface area contributed by atoms with E-state index in [2.05, 4.69) is 76.3 Å². The Bertz CT molecular complexity index is 1810. The molecular weight excluding hydrogens is 480 g/mol. The van der Waals surface area contributed by atoms with E-state index in [9.17, 15) is 0 Å². The van der Waals surface area contributed by atoms with Crippen LogP contribution < -0.4 is 0 Å². The Morgan fingerprint density at radius 1 is 0.795 bits per heavy atom. The number of carbonyl (C=O) groups excluding carboxylic acids is 1. The first-order valence-corrected chi connectivity index (χ1v) is 14.1. The lowest BCUT2D eigenvalue weighted by Crippen LogP contribution is -2.58. The fourth-order valence-corrected chi connectivity index (χ4v) is 8.94. The Balaban J connectivity index is 1.46. The number of hydrogen-bond acceptors (Lipinski definition) is 4. The summed E-state index contributed by atoms with van der Waals surface area (Å²) in [6.45, 7) is 1.77. The van der Waals surface area contributed by atoms with E-state index in [1.54, 1.807) is 0 Å². The highest BCUT2D eigenvalue weighted by molar-refractivity contribution is 6.04. The number of rotatable bonds is 1. The second-order valence-corrected chi connectivity index (χ2v) is 11.6. The topological polar surface area (TPSA) is 51.0 Å². The molecule has 2 saturated heterocycles. The number of aryl methyl sites for hydroxylation is 1. The summed E-state index contributed by atoms with van der Waals surface area (Å²) in [4.78, 5) is 28.7. The molecule has 0 amide bonds. The highest BCUT2D eigenvalue weighted by Gasteiger charge is 2.76. The van der Waals surface area contributed by atoms with Crippen LogP contribution in [0.1, 0.15) is 52.5 Å². The molecule has 4 aliphatic rings. The molecule has 0 radical (unpaired) electrons. The molecule has 5 heterocycles. The summed E-state index contributed by atoms with van der Waals surface area (Å²) in [5.74, 6) is 0.309. The van der Waals surface area contributed by atoms with E-state index in [0.717, 1.165) is 66.0 Å². The van der Waals surface area contributed by atoms with E-state index < -0.39 is 11.0 Å². The van der Waals surface area contributed by atoms with Gasteiger partial charge in [-0.05, 0) is 61.2 Å². The smallest absolute Gasteiger partial charge is 0.188 e. The maximum atomic E-state index is 15.3. The maximum Gasteiger partial charge on any atom is 0.188 e. The third-order valence-corrected chi connectivity index (χ3v) is 10.1. The number of para-hydroxylation sites is 2. The first-order chi connectivity index (χ1) is 19.2. The van der Waals surface area contributed by atoms with Crippen LogP contribution in [-0.2, 0) is 12.1 Å². The van der Waals surface area contributed by atoms with Crippen molar-refractivity contribution in [2.24, 2.45) is 5.41 Å². The van der Waals surface area contributed by atoms with Gasteiger partial charge in [-0.1, -0.05) is 66.7 Å². The summed E-state index contributed by atoms with van der Waals surface area (Å²) >= 11 is 0. The van der Waals surface area contributed by atoms with Crippen molar-refractivity contribution < 1.29 is 4.79 Å². The molecule has 190 valence electrons. The molecule has 2 fully saturated rings. The zero-order valence-electron chi connectivity index (χ0n) is 21.6. The predicted molar refractivity (Wildman–Crippen MR) is 150 cm³/mol. The largest absolute Gasteiger partial charge is 0.345 e. The molecule has 5 nitrogen and oxygen atoms in total. The fourth-order valence-electron chi connectivity index (χ4n) is 8.94. The maximum absolute atomic E-state index is 15.3. The SMILES string of the molecule is O=C1c2cccn2CCC12C(c1ccccc1)C1CCCN1C21c2ccccc2-c2nc3ccccc3nc21. The van der Waals surface area contributed by atoms with Crippen LogP contribution in [0.5, 0.6) is 0 Å². The van der Waals surface area contributed by atoms with Gasteiger partial charge in [0.05, 0.1) is 33.5 Å². The van der Waals surface area contributed by atoms with Crippen molar-refractivity contribution in [3.05, 3.63) is 120 Å². The van der Waals surface area contributed by atoms with Crippen LogP contribution in [0.4, 0.5) is 0 Å². The molecule has 4 atom stereocenters. The molecule has 5 aromatic rings. The van der Waals surface area contributed by atoms with Crippen LogP contribution in [0.3, 0.4) is 0 Å². The Hall–Kier alpha value is -4.09. The third kappa shape index (κ3) is 2.44. The standard InChI is InChI=1S/C34H28N4O/c39-32-28-17-8-19-37(28)21-18-33(32)29(22-10-2-1-3-11-22)27-16-9-20-38(27)34(33)24-13-5-4-12-23(24)30-31(34)36-26-15-7-6-14-25(26)35-30/h1-8,10-15,17,19,27,29H,9,16,18,20-21H2. The number of fused-ring (bicyclic) bond motifs is 10. The van der Waals surface area contributed by atoms with Crippen molar-refractivity contribution in [3.8, 4) is 11.3 Å². The van der Waals surface area contributed by atoms with Gasteiger partial charge in [-0.3, -0.25) is 9.69 Å². The van der Waals surface area contributed by atoms with Crippen molar-refractivity contribution in [3.63, 3.8) is 0 Å². The molecule has 3 aromatic carbocycles. The average molecular weight is 509 g/mol. The molecule has 0 bridgehead atoms. The van der Waals surface area contributed by atoms with Crippen molar-refractivity contribution in [1.29, 1.82) is 0 Å². The highest BCUT2D eigenvalue weighted by Crippen LogP contribution is 2.72. The predicted octanol–water partition coefficient (Wildman–Crippen LogP) is 6.19. The van der Waals surface area contributed by atoms with Gasteiger partial charge in [-0.2, -0.15) is 0 Å². The summed E-state index contributed by atoms with van der Waals surface area (Å²) in [5.41, 5.74) is 6.74. The van der Waals surface area contributed by atoms with Crippen LogP contribution in [0, 0.1) is 5.41 Å². The van der Waals surface area contributed by atoms with E-state index >= 15 is 4.79 Å². The molecule has 2 aromatic heterocycles. The zero-order chi connectivity index (χ0) is 25.8. The van der Waals surface area contributed by atoms with E-state index in [0.29, 0.717) is 0 Å². The van der Waals surface area contributed by atoms with E-state index in [1.165, 1.54) is 11.1 Å². The second-order valence-electron chi connectivity index (χ2n) is 11.6. The van der Waals surface area contributed by atoms with E-state index in [-0.39, 0.29) is 17.7 Å². The van der Waals surface area contributed by atoms with Gasteiger partial charge in [0.2, 0.25) is 0 Å². The van der Waals surface area contributed by atoms with Crippen molar-refractivity contribution in [2.75, 3.05) is 6.54 Å². The first-order valence-electron chi connectivity index (χ1n) is 14.1. The van der Waals surface area contributed by atoms with Gasteiger partial charge in [0.1, 0.15) is 5.54 Å². The molecule has 9 rings (SSSR count). The highest BCUT2D eigenvalue weighted by atomic mass is 16.1. The number of ketones is 1. The summed E-state index contributed by atoms with van der Waals surface area (Å²) < 4.78 is 2.15. The Kier molecular flexibility index (Phi) is 4.20. The lowest BCUT2D eigenvalue weighted by Gasteiger charge is -2.50. The zero-order valence-corrected chi connectivity index (χ0v) is 21.6. The molecule has 4 unspecified atom stereocenters. The number of Topliss-reactive ketones (excluding diaryl/α,β-unsaturated/α-hetero) is 1. The van der Waals surface area contributed by atoms with Gasteiger partial charge in [0, 0.05) is 30.3 Å². The third-order valence-electron chi connectivity index (χ3n) is 10.1. The number of benzene rings is 3. The molecule has 3 aliphatic heterocycles. The molecule has 5 heteroatoms. The van der Waals surface area contributed by atoms with Crippen LogP contribution >= 0.6 is 0 Å². The van der Waals surface area contributed by atoms with Gasteiger partial charge in [0.25, 0.3) is 0 Å². The lowest BCUT2D eigenvalue weighted by atomic mass is 9.54. The Morgan fingerprint density at radius 3 is 2.44 bits per heavy atom. The van der Waals surface area contributed by atoms with Crippen molar-refractivity contribution >= 4 is 16.8 Å². The van der Waals surface area contributed by atoms with Gasteiger partial charge >= 0.3 is 0 Å². The van der Waals surface area contributed by atoms with Crippen LogP contribution in [0.2, 0.25) is 0 Å². The molecular formula is C34H28N4O.